The monoisotopic (exact) mass is 318 g/mol. The summed E-state index contributed by atoms with van der Waals surface area (Å²) in [7, 11) is 1.52. The highest BCUT2D eigenvalue weighted by molar-refractivity contribution is 5.67. The number of carboxylic acid groups (broad SMARTS) is 1. The molecule has 7 heteroatoms. The van der Waals surface area contributed by atoms with Gasteiger partial charge in [0, 0.05) is 13.5 Å². The van der Waals surface area contributed by atoms with E-state index in [9.17, 15) is 9.90 Å². The number of carbonyl (C=O) groups is 1. The van der Waals surface area contributed by atoms with Crippen LogP contribution in [0.15, 0.2) is 12.2 Å². The molecule has 1 rings (SSSR count). The topological polar surface area (TPSA) is 94.5 Å². The molecule has 0 aromatic heterocycles. The average Bonchev–Trinajstić information content (AvgIpc) is 2.65. The molecular weight excluding hydrogens is 292 g/mol. The summed E-state index contributed by atoms with van der Waals surface area (Å²) in [6.07, 6.45) is 1.82. The average molecular weight is 318 g/mol. The van der Waals surface area contributed by atoms with E-state index in [4.69, 9.17) is 24.1 Å². The van der Waals surface area contributed by atoms with Crippen molar-refractivity contribution in [3.05, 3.63) is 12.2 Å². The van der Waals surface area contributed by atoms with Gasteiger partial charge in [-0.05, 0) is 20.8 Å². The third kappa shape index (κ3) is 6.85. The molecule has 1 aliphatic heterocycles. The second-order valence-corrected chi connectivity index (χ2v) is 5.82. The van der Waals surface area contributed by atoms with Crippen molar-refractivity contribution >= 4 is 5.97 Å². The van der Waals surface area contributed by atoms with Crippen LogP contribution >= 0.6 is 0 Å². The van der Waals surface area contributed by atoms with Crippen LogP contribution in [-0.2, 0) is 23.7 Å². The zero-order valence-corrected chi connectivity index (χ0v) is 13.5. The quantitative estimate of drug-likeness (QED) is 0.489. The molecule has 0 saturated carbocycles. The van der Waals surface area contributed by atoms with Crippen LogP contribution in [0.2, 0.25) is 0 Å². The number of rotatable bonds is 9. The summed E-state index contributed by atoms with van der Waals surface area (Å²) < 4.78 is 21.6. The number of hydrogen-bond acceptors (Lipinski definition) is 6. The van der Waals surface area contributed by atoms with Gasteiger partial charge in [-0.2, -0.15) is 0 Å². The molecule has 0 amide bonds. The molecule has 0 aromatic rings. The zero-order valence-electron chi connectivity index (χ0n) is 13.5. The lowest BCUT2D eigenvalue weighted by atomic mass is 10.1. The Kier molecular flexibility index (Phi) is 7.44. The number of methoxy groups -OCH3 is 1. The van der Waals surface area contributed by atoms with E-state index in [-0.39, 0.29) is 19.3 Å². The molecule has 0 aromatic carbocycles. The number of hydrogen-bond donors (Lipinski definition) is 2. The minimum atomic E-state index is -0.944. The maximum atomic E-state index is 10.9. The molecular formula is C15H26O7. The standard InChI is InChI=1S/C15H26O7/c1-10(16)7-11(20-9-19-4)5-6-12-13(8-14(17)18)22-15(2,3)21-12/h5-6,10-13,16H,7-9H2,1-4H3,(H,17,18)/b6-5+/t10-,11-,12+,13+/m1/s1. The first-order valence-corrected chi connectivity index (χ1v) is 7.28. The maximum absolute atomic E-state index is 10.9. The molecule has 1 fully saturated rings. The van der Waals surface area contributed by atoms with Crippen LogP contribution in [0.25, 0.3) is 0 Å². The summed E-state index contributed by atoms with van der Waals surface area (Å²) in [5.74, 6) is -1.77. The molecule has 1 aliphatic rings. The highest BCUT2D eigenvalue weighted by atomic mass is 16.8. The van der Waals surface area contributed by atoms with E-state index in [1.165, 1.54) is 7.11 Å². The fourth-order valence-corrected chi connectivity index (χ4v) is 2.28. The third-order valence-electron chi connectivity index (χ3n) is 3.09. The van der Waals surface area contributed by atoms with Crippen molar-refractivity contribution in [2.45, 2.75) is 63.8 Å². The van der Waals surface area contributed by atoms with Gasteiger partial charge in [0.2, 0.25) is 0 Å². The Morgan fingerprint density at radius 1 is 1.41 bits per heavy atom. The van der Waals surface area contributed by atoms with Crippen molar-refractivity contribution < 1.29 is 34.0 Å². The molecule has 1 saturated heterocycles. The molecule has 7 nitrogen and oxygen atoms in total. The second-order valence-electron chi connectivity index (χ2n) is 5.82. The number of aliphatic hydroxyl groups excluding tert-OH is 1. The van der Waals surface area contributed by atoms with Crippen molar-refractivity contribution in [2.75, 3.05) is 13.9 Å². The Labute approximate surface area is 130 Å². The molecule has 22 heavy (non-hydrogen) atoms. The molecule has 128 valence electrons. The van der Waals surface area contributed by atoms with E-state index in [2.05, 4.69) is 0 Å². The summed E-state index contributed by atoms with van der Waals surface area (Å²) in [5, 5.41) is 18.4. The summed E-state index contributed by atoms with van der Waals surface area (Å²) >= 11 is 0. The molecule has 0 spiro atoms. The Morgan fingerprint density at radius 3 is 2.64 bits per heavy atom. The van der Waals surface area contributed by atoms with Gasteiger partial charge in [-0.15, -0.1) is 0 Å². The lowest BCUT2D eigenvalue weighted by Gasteiger charge is -2.17. The highest BCUT2D eigenvalue weighted by Gasteiger charge is 2.40. The van der Waals surface area contributed by atoms with Crippen molar-refractivity contribution in [1.29, 1.82) is 0 Å². The normalized spacial score (nSPS) is 27.1. The maximum Gasteiger partial charge on any atom is 0.306 e. The van der Waals surface area contributed by atoms with Crippen molar-refractivity contribution in [3.8, 4) is 0 Å². The van der Waals surface area contributed by atoms with Crippen LogP contribution in [0.1, 0.15) is 33.6 Å². The van der Waals surface area contributed by atoms with Crippen LogP contribution in [0.4, 0.5) is 0 Å². The number of ether oxygens (including phenoxy) is 4. The fourth-order valence-electron chi connectivity index (χ4n) is 2.28. The van der Waals surface area contributed by atoms with Gasteiger partial charge in [0.1, 0.15) is 19.0 Å². The molecule has 1 heterocycles. The molecule has 0 unspecified atom stereocenters. The first-order chi connectivity index (χ1) is 10.2. The molecule has 0 radical (unpaired) electrons. The van der Waals surface area contributed by atoms with Gasteiger partial charge in [0.15, 0.2) is 5.79 Å². The number of aliphatic carboxylic acids is 1. The SMILES string of the molecule is COCO[C@H](/C=C/[C@@H]1OC(C)(C)O[C@H]1CC(=O)O)C[C@@H](C)O. The third-order valence-corrected chi connectivity index (χ3v) is 3.09. The summed E-state index contributed by atoms with van der Waals surface area (Å²) in [5.41, 5.74) is 0. The molecule has 0 aliphatic carbocycles. The van der Waals surface area contributed by atoms with Crippen LogP contribution in [-0.4, -0.2) is 60.3 Å². The van der Waals surface area contributed by atoms with Crippen molar-refractivity contribution in [1.82, 2.24) is 0 Å². The van der Waals surface area contributed by atoms with Crippen molar-refractivity contribution in [3.63, 3.8) is 0 Å². The van der Waals surface area contributed by atoms with E-state index in [0.29, 0.717) is 6.42 Å². The Balaban J connectivity index is 2.70. The first kappa shape index (κ1) is 19.1. The van der Waals surface area contributed by atoms with Gasteiger partial charge in [0.25, 0.3) is 0 Å². The lowest BCUT2D eigenvalue weighted by Crippen LogP contribution is -2.25. The van der Waals surface area contributed by atoms with Gasteiger partial charge in [-0.1, -0.05) is 12.2 Å². The predicted octanol–water partition coefficient (Wildman–Crippen LogP) is 1.30. The summed E-state index contributed by atoms with van der Waals surface area (Å²) in [4.78, 5) is 10.9. The predicted molar refractivity (Wildman–Crippen MR) is 78.3 cm³/mol. The number of carboxylic acids is 1. The van der Waals surface area contributed by atoms with Crippen molar-refractivity contribution in [2.24, 2.45) is 0 Å². The van der Waals surface area contributed by atoms with Gasteiger partial charge in [0.05, 0.1) is 18.6 Å². The lowest BCUT2D eigenvalue weighted by molar-refractivity contribution is -0.151. The van der Waals surface area contributed by atoms with E-state index < -0.39 is 30.1 Å². The minimum absolute atomic E-state index is 0.105. The zero-order chi connectivity index (χ0) is 16.8. The summed E-state index contributed by atoms with van der Waals surface area (Å²) in [6.45, 7) is 5.26. The minimum Gasteiger partial charge on any atom is -0.481 e. The first-order valence-electron chi connectivity index (χ1n) is 7.28. The number of aliphatic hydroxyl groups is 1. The second kappa shape index (κ2) is 8.59. The molecule has 4 atom stereocenters. The summed E-state index contributed by atoms with van der Waals surface area (Å²) in [6, 6.07) is 0. The fraction of sp³-hybridized carbons (Fsp3) is 0.800. The van der Waals surface area contributed by atoms with E-state index in [1.807, 2.05) is 0 Å². The van der Waals surface area contributed by atoms with Gasteiger partial charge >= 0.3 is 5.97 Å². The molecule has 2 N–H and O–H groups in total. The smallest absolute Gasteiger partial charge is 0.306 e. The van der Waals surface area contributed by atoms with Gasteiger partial charge < -0.3 is 29.2 Å². The Hall–Kier alpha value is -0.990. The van der Waals surface area contributed by atoms with Gasteiger partial charge in [-0.25, -0.2) is 0 Å². The van der Waals surface area contributed by atoms with E-state index >= 15 is 0 Å². The van der Waals surface area contributed by atoms with Crippen LogP contribution < -0.4 is 0 Å². The van der Waals surface area contributed by atoms with E-state index in [0.717, 1.165) is 0 Å². The van der Waals surface area contributed by atoms with E-state index in [1.54, 1.807) is 32.9 Å². The van der Waals surface area contributed by atoms with Crippen LogP contribution in [0, 0.1) is 0 Å². The Morgan fingerprint density at radius 2 is 2.09 bits per heavy atom. The highest BCUT2D eigenvalue weighted by Crippen LogP contribution is 2.30. The van der Waals surface area contributed by atoms with Crippen LogP contribution in [0.3, 0.4) is 0 Å². The largest absolute Gasteiger partial charge is 0.481 e. The molecule has 0 bridgehead atoms. The van der Waals surface area contributed by atoms with Gasteiger partial charge in [-0.3, -0.25) is 4.79 Å². The Bertz CT molecular complexity index is 378. The van der Waals surface area contributed by atoms with Crippen LogP contribution in [0.5, 0.6) is 0 Å².